The largest absolute Gasteiger partial charge is 0.466 e. The molecule has 2 atom stereocenters. The van der Waals surface area contributed by atoms with Gasteiger partial charge in [-0.15, -0.1) is 0 Å². The molecule has 0 radical (unpaired) electrons. The number of ether oxygens (including phenoxy) is 1. The number of hydrogen-bond donors (Lipinski definition) is 1. The van der Waals surface area contributed by atoms with E-state index in [-0.39, 0.29) is 43.1 Å². The zero-order chi connectivity index (χ0) is 36.3. The van der Waals surface area contributed by atoms with Crippen molar-refractivity contribution in [2.24, 2.45) is 11.3 Å². The number of likely N-dealkylation sites (tertiary alicyclic amines) is 1. The smallest absolute Gasteiger partial charge is 0.416 e. The van der Waals surface area contributed by atoms with Crippen LogP contribution in [-0.4, -0.2) is 59.1 Å². The quantitative estimate of drug-likeness (QED) is 0.138. The van der Waals surface area contributed by atoms with Gasteiger partial charge < -0.3 is 14.2 Å². The Bertz CT molecular complexity index is 1860. The van der Waals surface area contributed by atoms with Crippen LogP contribution in [0.25, 0.3) is 0 Å². The first-order valence-corrected chi connectivity index (χ1v) is 17.0. The molecule has 2 unspecified atom stereocenters. The molecule has 1 aromatic heterocycles. The average molecular weight is 710 g/mol. The number of piperidine rings is 1. The van der Waals surface area contributed by atoms with Gasteiger partial charge in [-0.2, -0.15) is 13.2 Å². The van der Waals surface area contributed by atoms with Crippen molar-refractivity contribution in [1.82, 2.24) is 14.5 Å². The Morgan fingerprint density at radius 3 is 2.43 bits per heavy atom. The number of imidazole rings is 1. The minimum atomic E-state index is -4.56. The van der Waals surface area contributed by atoms with Crippen molar-refractivity contribution in [2.75, 3.05) is 43.0 Å². The highest BCUT2D eigenvalue weighted by Crippen LogP contribution is 2.45. The number of anilines is 2. The number of nitrogens with zero attached hydrogens (tertiary/aromatic N) is 4. The first kappa shape index (κ1) is 36.0. The Balaban J connectivity index is 1.25. The Hall–Kier alpha value is -4.78. The fraction of sp³-hybridized carbons (Fsp3) is 0.395. The van der Waals surface area contributed by atoms with E-state index < -0.39 is 40.6 Å². The number of hydrogen-bond acceptors (Lipinski definition) is 6. The van der Waals surface area contributed by atoms with Gasteiger partial charge in [0.2, 0.25) is 11.9 Å². The maximum absolute atomic E-state index is 15.2. The summed E-state index contributed by atoms with van der Waals surface area (Å²) >= 11 is 0. The third-order valence-corrected chi connectivity index (χ3v) is 10.0. The first-order valence-electron chi connectivity index (χ1n) is 17.0. The Kier molecular flexibility index (Phi) is 10.5. The minimum Gasteiger partial charge on any atom is -0.466 e. The van der Waals surface area contributed by atoms with Crippen LogP contribution in [0.3, 0.4) is 0 Å². The van der Waals surface area contributed by atoms with Gasteiger partial charge in [0.15, 0.2) is 0 Å². The first-order chi connectivity index (χ1) is 24.4. The summed E-state index contributed by atoms with van der Waals surface area (Å²) in [7, 11) is 0. The summed E-state index contributed by atoms with van der Waals surface area (Å²) in [6.07, 6.45) is -0.566. The summed E-state index contributed by atoms with van der Waals surface area (Å²) in [5, 5.41) is 2.92. The minimum absolute atomic E-state index is 0.0910. The Labute approximate surface area is 293 Å². The van der Waals surface area contributed by atoms with Crippen molar-refractivity contribution in [3.8, 4) is 0 Å². The molecule has 270 valence electrons. The van der Waals surface area contributed by atoms with Crippen molar-refractivity contribution in [1.29, 1.82) is 0 Å². The fourth-order valence-electron chi connectivity index (χ4n) is 7.29. The summed E-state index contributed by atoms with van der Waals surface area (Å²) in [4.78, 5) is 34.8. The van der Waals surface area contributed by atoms with Gasteiger partial charge in [0.1, 0.15) is 11.6 Å². The second kappa shape index (κ2) is 14.8. The monoisotopic (exact) mass is 709 g/mol. The molecule has 1 amide bonds. The number of halogens is 5. The molecular weight excluding hydrogens is 669 g/mol. The zero-order valence-corrected chi connectivity index (χ0v) is 28.4. The molecule has 3 aromatic carbocycles. The number of benzene rings is 3. The molecule has 51 heavy (non-hydrogen) atoms. The number of alkyl halides is 3. The van der Waals surface area contributed by atoms with E-state index in [1.54, 1.807) is 24.6 Å². The van der Waals surface area contributed by atoms with E-state index in [0.29, 0.717) is 50.3 Å². The zero-order valence-electron chi connectivity index (χ0n) is 28.4. The van der Waals surface area contributed by atoms with Crippen LogP contribution in [0.1, 0.15) is 54.9 Å². The van der Waals surface area contributed by atoms with Crippen LogP contribution in [0.5, 0.6) is 0 Å². The predicted molar refractivity (Wildman–Crippen MR) is 182 cm³/mol. The molecule has 8 nitrogen and oxygen atoms in total. The van der Waals surface area contributed by atoms with Crippen LogP contribution in [-0.2, 0) is 33.6 Å². The number of nitrogens with one attached hydrogen (secondary N) is 1. The number of carbonyl (C=O) groups excluding carboxylic acids is 2. The predicted octanol–water partition coefficient (Wildman–Crippen LogP) is 7.25. The standard InChI is InChI=1S/C38H40F5N5O3/c1-3-51-34(49)26-13-16-47(17-14-26)33-19-28(38(41,42)43)10-9-27(33)22-48-18-15-44-36(48)45-35(50)37(2)24-46(21-25-7-5-4-6-8-25)23-31(37)30-12-11-29(39)20-32(30)40/h4-12,15,18-20,26,31H,3,13-14,16-17,21-24H2,1-2H3,(H,44,45,50). The number of esters is 1. The molecule has 2 fully saturated rings. The highest BCUT2D eigenvalue weighted by molar-refractivity contribution is 5.95. The molecule has 6 rings (SSSR count). The van der Waals surface area contributed by atoms with E-state index in [1.807, 2.05) is 35.2 Å². The lowest BCUT2D eigenvalue weighted by molar-refractivity contribution is -0.148. The van der Waals surface area contributed by atoms with Crippen LogP contribution in [0.4, 0.5) is 33.6 Å². The highest BCUT2D eigenvalue weighted by Gasteiger charge is 2.50. The van der Waals surface area contributed by atoms with Gasteiger partial charge in [0.05, 0.1) is 30.0 Å². The summed E-state index contributed by atoms with van der Waals surface area (Å²) in [5.41, 5.74) is 0.249. The van der Waals surface area contributed by atoms with Crippen LogP contribution in [0, 0.1) is 23.0 Å². The van der Waals surface area contributed by atoms with E-state index in [4.69, 9.17) is 4.74 Å². The van der Waals surface area contributed by atoms with E-state index in [1.165, 1.54) is 24.4 Å². The highest BCUT2D eigenvalue weighted by atomic mass is 19.4. The summed E-state index contributed by atoms with van der Waals surface area (Å²) < 4.78 is 77.5. The van der Waals surface area contributed by atoms with Crippen LogP contribution < -0.4 is 10.2 Å². The molecule has 0 aliphatic carbocycles. The second-order valence-electron chi connectivity index (χ2n) is 13.5. The van der Waals surface area contributed by atoms with E-state index in [0.717, 1.165) is 23.8 Å². The average Bonchev–Trinajstić information content (AvgIpc) is 3.68. The molecule has 13 heteroatoms. The number of amides is 1. The molecule has 0 spiro atoms. The van der Waals surface area contributed by atoms with Gasteiger partial charge in [-0.25, -0.2) is 13.8 Å². The SMILES string of the molecule is CCOC(=O)C1CCN(c2cc(C(F)(F)F)ccc2Cn2ccnc2NC(=O)C2(C)CN(Cc3ccccc3)CC2c2ccc(F)cc2F)CC1. The Morgan fingerprint density at radius 1 is 1.00 bits per heavy atom. The number of rotatable bonds is 10. The van der Waals surface area contributed by atoms with Crippen LogP contribution in [0.15, 0.2) is 79.1 Å². The van der Waals surface area contributed by atoms with Crippen LogP contribution >= 0.6 is 0 Å². The van der Waals surface area contributed by atoms with Crippen molar-refractivity contribution in [2.45, 2.75) is 51.9 Å². The van der Waals surface area contributed by atoms with E-state index in [9.17, 15) is 27.2 Å². The summed E-state index contributed by atoms with van der Waals surface area (Å²) in [5.74, 6) is -2.94. The third kappa shape index (κ3) is 7.93. The molecule has 0 saturated carbocycles. The lowest BCUT2D eigenvalue weighted by atomic mass is 9.75. The van der Waals surface area contributed by atoms with Crippen molar-refractivity contribution in [3.05, 3.63) is 113 Å². The van der Waals surface area contributed by atoms with Crippen molar-refractivity contribution < 1.29 is 36.3 Å². The molecule has 0 bridgehead atoms. The summed E-state index contributed by atoms with van der Waals surface area (Å²) in [6.45, 7) is 5.71. The van der Waals surface area contributed by atoms with E-state index in [2.05, 4.69) is 15.2 Å². The molecule has 2 aliphatic rings. The fourth-order valence-corrected chi connectivity index (χ4v) is 7.29. The van der Waals surface area contributed by atoms with Crippen molar-refractivity contribution >= 4 is 23.5 Å². The van der Waals surface area contributed by atoms with Gasteiger partial charge in [-0.05, 0) is 61.6 Å². The van der Waals surface area contributed by atoms with Gasteiger partial charge >= 0.3 is 12.1 Å². The number of aromatic nitrogens is 2. The normalized spacial score (nSPS) is 20.1. The van der Waals surface area contributed by atoms with Crippen LogP contribution in [0.2, 0.25) is 0 Å². The molecule has 3 heterocycles. The number of carbonyl (C=O) groups is 2. The molecule has 4 aromatic rings. The van der Waals surface area contributed by atoms with Gasteiger partial charge in [-0.3, -0.25) is 19.8 Å². The topological polar surface area (TPSA) is 79.7 Å². The van der Waals surface area contributed by atoms with Gasteiger partial charge in [0, 0.05) is 62.8 Å². The van der Waals surface area contributed by atoms with Gasteiger partial charge in [0.25, 0.3) is 0 Å². The molecule has 2 aliphatic heterocycles. The van der Waals surface area contributed by atoms with Crippen molar-refractivity contribution in [3.63, 3.8) is 0 Å². The maximum atomic E-state index is 15.2. The van der Waals surface area contributed by atoms with Gasteiger partial charge in [-0.1, -0.05) is 42.5 Å². The summed E-state index contributed by atoms with van der Waals surface area (Å²) in [6, 6.07) is 16.7. The lowest BCUT2D eigenvalue weighted by Gasteiger charge is -2.34. The molecular formula is C38H40F5N5O3. The molecule has 2 saturated heterocycles. The Morgan fingerprint density at radius 2 is 1.75 bits per heavy atom. The molecule has 1 N–H and O–H groups in total. The third-order valence-electron chi connectivity index (χ3n) is 10.0. The second-order valence-corrected chi connectivity index (χ2v) is 13.5. The van der Waals surface area contributed by atoms with E-state index >= 15 is 4.39 Å². The maximum Gasteiger partial charge on any atom is 0.416 e. The lowest BCUT2D eigenvalue weighted by Crippen LogP contribution is -2.40.